The molecule has 0 radical (unpaired) electrons. The minimum atomic E-state index is -3.62. The highest BCUT2D eigenvalue weighted by Gasteiger charge is 2.33. The average molecular weight is 375 g/mol. The van der Waals surface area contributed by atoms with E-state index in [1.807, 2.05) is 45.9 Å². The molecule has 1 saturated heterocycles. The van der Waals surface area contributed by atoms with Crippen LogP contribution < -0.4 is 4.72 Å². The summed E-state index contributed by atoms with van der Waals surface area (Å²) in [6, 6.07) is 5.73. The molecule has 2 unspecified atom stereocenters. The third-order valence-corrected chi connectivity index (χ3v) is 7.08. The zero-order valence-corrected chi connectivity index (χ0v) is 16.6. The Bertz CT molecular complexity index is 869. The third-order valence-electron chi connectivity index (χ3n) is 5.32. The standard InChI is InChI=1S/C20H26N2O3S/c1-13-9-14(2)16(4)20(15(13)3)26(23,24)22-19-12-25-11-18(19)10-17-5-7-21-8-6-17/h5-9,18-19,22H,10-12H2,1-4H3. The number of pyridine rings is 1. The highest BCUT2D eigenvalue weighted by Crippen LogP contribution is 2.28. The van der Waals surface area contributed by atoms with Gasteiger partial charge in [-0.2, -0.15) is 0 Å². The van der Waals surface area contributed by atoms with Crippen molar-refractivity contribution in [1.82, 2.24) is 9.71 Å². The lowest BCUT2D eigenvalue weighted by atomic mass is 9.96. The van der Waals surface area contributed by atoms with Crippen LogP contribution in [0.3, 0.4) is 0 Å². The van der Waals surface area contributed by atoms with Crippen LogP contribution in [0.2, 0.25) is 0 Å². The van der Waals surface area contributed by atoms with E-state index in [9.17, 15) is 8.42 Å². The predicted molar refractivity (Wildman–Crippen MR) is 102 cm³/mol. The zero-order valence-electron chi connectivity index (χ0n) is 15.7. The van der Waals surface area contributed by atoms with Gasteiger partial charge in [-0.15, -0.1) is 0 Å². The molecule has 0 bridgehead atoms. The molecule has 1 aliphatic heterocycles. The van der Waals surface area contributed by atoms with E-state index in [-0.39, 0.29) is 12.0 Å². The number of nitrogens with one attached hydrogen (secondary N) is 1. The predicted octanol–water partition coefficient (Wildman–Crippen LogP) is 2.85. The minimum Gasteiger partial charge on any atom is -0.379 e. The van der Waals surface area contributed by atoms with Gasteiger partial charge in [-0.1, -0.05) is 6.07 Å². The Morgan fingerprint density at radius 3 is 2.31 bits per heavy atom. The lowest BCUT2D eigenvalue weighted by molar-refractivity contribution is 0.183. The van der Waals surface area contributed by atoms with Gasteiger partial charge in [0.2, 0.25) is 10.0 Å². The number of nitrogens with zero attached hydrogens (tertiary/aromatic N) is 1. The maximum Gasteiger partial charge on any atom is 0.241 e. The third kappa shape index (κ3) is 3.82. The van der Waals surface area contributed by atoms with Crippen molar-refractivity contribution in [2.45, 2.75) is 45.1 Å². The average Bonchev–Trinajstić information content (AvgIpc) is 3.00. The van der Waals surface area contributed by atoms with Crippen LogP contribution >= 0.6 is 0 Å². The Morgan fingerprint density at radius 1 is 1.08 bits per heavy atom. The summed E-state index contributed by atoms with van der Waals surface area (Å²) in [7, 11) is -3.62. The number of aryl methyl sites for hydroxylation is 2. The molecule has 2 atom stereocenters. The van der Waals surface area contributed by atoms with E-state index in [1.165, 1.54) is 0 Å². The van der Waals surface area contributed by atoms with Crippen LogP contribution in [-0.2, 0) is 21.2 Å². The number of sulfonamides is 1. The topological polar surface area (TPSA) is 68.3 Å². The molecule has 140 valence electrons. The molecular weight excluding hydrogens is 348 g/mol. The van der Waals surface area contributed by atoms with Gasteiger partial charge in [-0.25, -0.2) is 13.1 Å². The van der Waals surface area contributed by atoms with E-state index in [4.69, 9.17) is 4.74 Å². The molecule has 0 amide bonds. The van der Waals surface area contributed by atoms with Crippen molar-refractivity contribution in [1.29, 1.82) is 0 Å². The second kappa shape index (κ2) is 7.47. The summed E-state index contributed by atoms with van der Waals surface area (Å²) in [5.74, 6) is 0.110. The van der Waals surface area contributed by atoms with E-state index in [0.717, 1.165) is 34.2 Å². The second-order valence-electron chi connectivity index (χ2n) is 7.17. The quantitative estimate of drug-likeness (QED) is 0.874. The number of hydrogen-bond donors (Lipinski definition) is 1. The van der Waals surface area contributed by atoms with Crippen molar-refractivity contribution in [3.8, 4) is 0 Å². The van der Waals surface area contributed by atoms with E-state index < -0.39 is 10.0 Å². The van der Waals surface area contributed by atoms with Gasteiger partial charge in [0.1, 0.15) is 0 Å². The highest BCUT2D eigenvalue weighted by atomic mass is 32.2. The highest BCUT2D eigenvalue weighted by molar-refractivity contribution is 7.89. The van der Waals surface area contributed by atoms with E-state index >= 15 is 0 Å². The maximum absolute atomic E-state index is 13.2. The van der Waals surface area contributed by atoms with Crippen molar-refractivity contribution < 1.29 is 13.2 Å². The summed E-state index contributed by atoms with van der Waals surface area (Å²) in [6.45, 7) is 8.60. The summed E-state index contributed by atoms with van der Waals surface area (Å²) in [5, 5.41) is 0. The fourth-order valence-corrected chi connectivity index (χ4v) is 5.50. The molecule has 1 N–H and O–H groups in total. The number of hydrogen-bond acceptors (Lipinski definition) is 4. The van der Waals surface area contributed by atoms with Crippen LogP contribution in [0.15, 0.2) is 35.5 Å². The largest absolute Gasteiger partial charge is 0.379 e. The zero-order chi connectivity index (χ0) is 18.9. The summed E-state index contributed by atoms with van der Waals surface area (Å²) in [4.78, 5) is 4.44. The van der Waals surface area contributed by atoms with Crippen LogP contribution in [-0.4, -0.2) is 32.7 Å². The van der Waals surface area contributed by atoms with Gasteiger partial charge in [0, 0.05) is 18.3 Å². The van der Waals surface area contributed by atoms with Gasteiger partial charge >= 0.3 is 0 Å². The Morgan fingerprint density at radius 2 is 1.69 bits per heavy atom. The normalized spacial score (nSPS) is 20.5. The first-order valence-corrected chi connectivity index (χ1v) is 10.3. The van der Waals surface area contributed by atoms with Gasteiger partial charge in [0.05, 0.1) is 24.2 Å². The molecule has 0 aliphatic carbocycles. The molecule has 3 rings (SSSR count). The van der Waals surface area contributed by atoms with Crippen molar-refractivity contribution in [3.05, 3.63) is 58.4 Å². The molecule has 2 aromatic rings. The second-order valence-corrected chi connectivity index (χ2v) is 8.83. The minimum absolute atomic E-state index is 0.110. The van der Waals surface area contributed by atoms with Crippen molar-refractivity contribution in [2.24, 2.45) is 5.92 Å². The van der Waals surface area contributed by atoms with E-state index in [2.05, 4.69) is 9.71 Å². The molecule has 1 fully saturated rings. The first-order valence-electron chi connectivity index (χ1n) is 8.86. The first kappa shape index (κ1) is 19.0. The van der Waals surface area contributed by atoms with Crippen LogP contribution in [0.1, 0.15) is 27.8 Å². The van der Waals surface area contributed by atoms with Crippen molar-refractivity contribution in [3.63, 3.8) is 0 Å². The van der Waals surface area contributed by atoms with E-state index in [1.54, 1.807) is 12.4 Å². The molecular formula is C20H26N2O3S. The number of ether oxygens (including phenoxy) is 1. The van der Waals surface area contributed by atoms with Gasteiger partial charge in [0.25, 0.3) is 0 Å². The Labute approximate surface area is 155 Å². The Kier molecular flexibility index (Phi) is 5.46. The fraction of sp³-hybridized carbons (Fsp3) is 0.450. The molecule has 5 nitrogen and oxygen atoms in total. The smallest absolute Gasteiger partial charge is 0.241 e. The van der Waals surface area contributed by atoms with Gasteiger partial charge < -0.3 is 4.74 Å². The van der Waals surface area contributed by atoms with Gasteiger partial charge in [0.15, 0.2) is 0 Å². The molecule has 0 spiro atoms. The van der Waals surface area contributed by atoms with Crippen LogP contribution in [0.4, 0.5) is 0 Å². The SMILES string of the molecule is Cc1cc(C)c(C)c(S(=O)(=O)NC2COCC2Cc2ccncc2)c1C. The molecule has 2 heterocycles. The molecule has 1 aromatic carbocycles. The summed E-state index contributed by atoms with van der Waals surface area (Å²) in [6.07, 6.45) is 4.28. The van der Waals surface area contributed by atoms with E-state index in [0.29, 0.717) is 18.1 Å². The van der Waals surface area contributed by atoms with Crippen molar-refractivity contribution in [2.75, 3.05) is 13.2 Å². The number of rotatable bonds is 5. The number of aromatic nitrogens is 1. The maximum atomic E-state index is 13.2. The Balaban J connectivity index is 1.85. The number of benzene rings is 1. The summed E-state index contributed by atoms with van der Waals surface area (Å²) in [5.41, 5.74) is 4.74. The summed E-state index contributed by atoms with van der Waals surface area (Å²) >= 11 is 0. The lowest BCUT2D eigenvalue weighted by Gasteiger charge is -2.22. The monoisotopic (exact) mass is 374 g/mol. The molecule has 6 heteroatoms. The molecule has 26 heavy (non-hydrogen) atoms. The van der Waals surface area contributed by atoms with Crippen LogP contribution in [0, 0.1) is 33.6 Å². The Hall–Kier alpha value is -1.76. The van der Waals surface area contributed by atoms with Gasteiger partial charge in [-0.3, -0.25) is 4.98 Å². The van der Waals surface area contributed by atoms with Crippen LogP contribution in [0.5, 0.6) is 0 Å². The summed E-state index contributed by atoms with van der Waals surface area (Å²) < 4.78 is 34.8. The van der Waals surface area contributed by atoms with Gasteiger partial charge in [-0.05, 0) is 74.1 Å². The first-order chi connectivity index (χ1) is 12.3. The molecule has 0 saturated carbocycles. The van der Waals surface area contributed by atoms with Crippen LogP contribution in [0.25, 0.3) is 0 Å². The molecule has 1 aliphatic rings. The lowest BCUT2D eigenvalue weighted by Crippen LogP contribution is -2.41. The fourth-order valence-electron chi connectivity index (χ4n) is 3.59. The molecule has 1 aromatic heterocycles. The van der Waals surface area contributed by atoms with Crippen molar-refractivity contribution >= 4 is 10.0 Å².